The summed E-state index contributed by atoms with van der Waals surface area (Å²) >= 11 is 0. The molecular weight excluding hydrogens is 179 g/mol. The van der Waals surface area contributed by atoms with Gasteiger partial charge < -0.3 is 15.3 Å². The third-order valence-electron chi connectivity index (χ3n) is 3.12. The zero-order valence-corrected chi connectivity index (χ0v) is 9.78. The van der Waals surface area contributed by atoms with Gasteiger partial charge in [0.25, 0.3) is 0 Å². The Morgan fingerprint density at radius 2 is 1.71 bits per heavy atom. The van der Waals surface area contributed by atoms with Gasteiger partial charge in [0.2, 0.25) is 0 Å². The Labute approximate surface area is 87.4 Å². The van der Waals surface area contributed by atoms with Crippen LogP contribution < -0.4 is 0 Å². The van der Waals surface area contributed by atoms with Crippen LogP contribution in [0.4, 0.5) is 0 Å². The molecule has 83 valence electrons. The van der Waals surface area contributed by atoms with Crippen molar-refractivity contribution in [2.75, 3.05) is 6.61 Å². The molecule has 0 fully saturated rings. The summed E-state index contributed by atoms with van der Waals surface area (Å²) in [5.41, 5.74) is -1.90. The van der Waals surface area contributed by atoms with Crippen molar-refractivity contribution < 1.29 is 15.3 Å². The highest BCUT2D eigenvalue weighted by atomic mass is 16.3. The molecule has 0 amide bonds. The number of hydrogen-bond donors (Lipinski definition) is 3. The largest absolute Gasteiger partial charge is 0.396 e. The second-order valence-corrected chi connectivity index (χ2v) is 4.90. The van der Waals surface area contributed by atoms with E-state index in [0.29, 0.717) is 0 Å². The molecule has 14 heavy (non-hydrogen) atoms. The van der Waals surface area contributed by atoms with Crippen LogP contribution in [-0.4, -0.2) is 40.9 Å². The fourth-order valence-corrected chi connectivity index (χ4v) is 1.46. The maximum absolute atomic E-state index is 10.1. The maximum Gasteiger partial charge on any atom is 0.113 e. The van der Waals surface area contributed by atoms with Gasteiger partial charge in [0.1, 0.15) is 7.28 Å². The van der Waals surface area contributed by atoms with Crippen molar-refractivity contribution in [3.8, 4) is 0 Å². The van der Waals surface area contributed by atoms with Gasteiger partial charge in [0, 0.05) is 5.41 Å². The topological polar surface area (TPSA) is 60.7 Å². The number of aliphatic hydroxyl groups is 3. The zero-order chi connectivity index (χ0) is 11.6. The average Bonchev–Trinajstić information content (AvgIpc) is 2.15. The molecule has 0 heterocycles. The second kappa shape index (κ2) is 4.64. The molecule has 0 rings (SSSR count). The van der Waals surface area contributed by atoms with E-state index in [2.05, 4.69) is 0 Å². The van der Waals surface area contributed by atoms with Gasteiger partial charge in [-0.15, -0.1) is 0 Å². The molecule has 1 radical (unpaired) electrons. The molecule has 0 aliphatic rings. The lowest BCUT2D eigenvalue weighted by Gasteiger charge is -2.42. The van der Waals surface area contributed by atoms with E-state index in [1.807, 2.05) is 21.0 Å². The Morgan fingerprint density at radius 3 is 2.00 bits per heavy atom. The van der Waals surface area contributed by atoms with Crippen molar-refractivity contribution in [3.63, 3.8) is 0 Å². The first-order valence-corrected chi connectivity index (χ1v) is 5.01. The van der Waals surface area contributed by atoms with Crippen molar-refractivity contribution >= 4 is 7.28 Å². The molecule has 0 bridgehead atoms. The summed E-state index contributed by atoms with van der Waals surface area (Å²) in [6, 6.07) is 0. The lowest BCUT2D eigenvalue weighted by Crippen LogP contribution is -2.52. The normalized spacial score (nSPS) is 21.1. The first-order valence-electron chi connectivity index (χ1n) is 5.01. The molecule has 0 spiro atoms. The molecule has 3 atom stereocenters. The predicted octanol–water partition coefficient (Wildman–Crippen LogP) is 0.677. The van der Waals surface area contributed by atoms with Crippen molar-refractivity contribution in [1.29, 1.82) is 0 Å². The quantitative estimate of drug-likeness (QED) is 0.573. The Hall–Kier alpha value is -0.0551. The second-order valence-electron chi connectivity index (χ2n) is 4.90. The minimum atomic E-state index is -1.21. The SMILES string of the molecule is C[B][C@H](C)[C@](C)(O)[C@H](O)C(C)(C)CO. The Bertz CT molecular complexity index is 180. The highest BCUT2D eigenvalue weighted by Crippen LogP contribution is 2.35. The Kier molecular flexibility index (Phi) is 4.62. The summed E-state index contributed by atoms with van der Waals surface area (Å²) in [4.78, 5) is 0. The van der Waals surface area contributed by atoms with Crippen molar-refractivity contribution in [3.05, 3.63) is 0 Å². The van der Waals surface area contributed by atoms with E-state index in [-0.39, 0.29) is 12.4 Å². The maximum atomic E-state index is 10.1. The summed E-state index contributed by atoms with van der Waals surface area (Å²) < 4.78 is 0. The molecule has 3 N–H and O–H groups in total. The molecule has 0 saturated heterocycles. The van der Waals surface area contributed by atoms with Crippen molar-refractivity contribution in [2.24, 2.45) is 5.41 Å². The minimum Gasteiger partial charge on any atom is -0.396 e. The van der Waals surface area contributed by atoms with Crippen LogP contribution >= 0.6 is 0 Å². The molecule has 0 unspecified atom stereocenters. The van der Waals surface area contributed by atoms with Gasteiger partial charge in [0.15, 0.2) is 0 Å². The number of hydrogen-bond acceptors (Lipinski definition) is 3. The van der Waals surface area contributed by atoms with Crippen LogP contribution in [0.5, 0.6) is 0 Å². The first-order chi connectivity index (χ1) is 6.20. The standard InChI is InChI=1S/C10H22BO3/c1-7(11-5)10(4,14)8(13)9(2,3)6-12/h7-8,12-14H,6H2,1-5H3/t7-,8-,10+/m1/s1. The van der Waals surface area contributed by atoms with Gasteiger partial charge in [-0.2, -0.15) is 0 Å². The smallest absolute Gasteiger partial charge is 0.113 e. The van der Waals surface area contributed by atoms with Crippen molar-refractivity contribution in [1.82, 2.24) is 0 Å². The van der Waals surface area contributed by atoms with E-state index < -0.39 is 17.1 Å². The number of aliphatic hydroxyl groups excluding tert-OH is 2. The molecule has 0 saturated carbocycles. The van der Waals surface area contributed by atoms with Gasteiger partial charge in [-0.05, 0) is 12.7 Å². The predicted molar refractivity (Wildman–Crippen MR) is 58.5 cm³/mol. The third-order valence-corrected chi connectivity index (χ3v) is 3.12. The average molecular weight is 201 g/mol. The Balaban J connectivity index is 4.73. The van der Waals surface area contributed by atoms with Crippen LogP contribution in [0.15, 0.2) is 0 Å². The highest BCUT2D eigenvalue weighted by molar-refractivity contribution is 6.36. The van der Waals surface area contributed by atoms with Gasteiger partial charge in [-0.3, -0.25) is 0 Å². The molecule has 0 aromatic heterocycles. The number of rotatable bonds is 5. The summed E-state index contributed by atoms with van der Waals surface area (Å²) in [7, 11) is 1.84. The van der Waals surface area contributed by atoms with Crippen LogP contribution in [0.3, 0.4) is 0 Å². The van der Waals surface area contributed by atoms with Crippen LogP contribution in [0.2, 0.25) is 12.6 Å². The molecule has 0 aromatic rings. The van der Waals surface area contributed by atoms with E-state index in [9.17, 15) is 10.2 Å². The monoisotopic (exact) mass is 201 g/mol. The fourth-order valence-electron chi connectivity index (χ4n) is 1.46. The van der Waals surface area contributed by atoms with E-state index in [1.165, 1.54) is 0 Å². The molecule has 4 heteroatoms. The molecule has 0 aliphatic carbocycles. The van der Waals surface area contributed by atoms with Gasteiger partial charge in [-0.1, -0.05) is 27.6 Å². The van der Waals surface area contributed by atoms with Crippen LogP contribution in [-0.2, 0) is 0 Å². The first kappa shape index (κ1) is 13.9. The summed E-state index contributed by atoms with van der Waals surface area (Å²) in [6.45, 7) is 8.60. The van der Waals surface area contributed by atoms with Crippen molar-refractivity contribution in [2.45, 2.75) is 52.0 Å². The van der Waals surface area contributed by atoms with Gasteiger partial charge in [0.05, 0.1) is 18.3 Å². The molecular formula is C10H22BO3. The molecule has 0 aromatic carbocycles. The van der Waals surface area contributed by atoms with E-state index in [1.54, 1.807) is 20.8 Å². The van der Waals surface area contributed by atoms with Gasteiger partial charge in [-0.25, -0.2) is 0 Å². The van der Waals surface area contributed by atoms with Crippen LogP contribution in [0, 0.1) is 5.41 Å². The van der Waals surface area contributed by atoms with E-state index in [0.717, 1.165) is 0 Å². The minimum absolute atomic E-state index is 0.122. The molecule has 0 aliphatic heterocycles. The lowest BCUT2D eigenvalue weighted by atomic mass is 9.57. The lowest BCUT2D eigenvalue weighted by molar-refractivity contribution is -0.127. The van der Waals surface area contributed by atoms with E-state index >= 15 is 0 Å². The van der Waals surface area contributed by atoms with Crippen LogP contribution in [0.1, 0.15) is 27.7 Å². The summed E-state index contributed by atoms with van der Waals surface area (Å²) in [6.07, 6.45) is -0.953. The van der Waals surface area contributed by atoms with Crippen LogP contribution in [0.25, 0.3) is 0 Å². The van der Waals surface area contributed by atoms with E-state index in [4.69, 9.17) is 5.11 Å². The summed E-state index contributed by atoms with van der Waals surface area (Å²) in [5, 5.41) is 29.2. The molecule has 3 nitrogen and oxygen atoms in total. The summed E-state index contributed by atoms with van der Waals surface area (Å²) in [5.74, 6) is -0.122. The Morgan fingerprint density at radius 1 is 1.29 bits per heavy atom. The fraction of sp³-hybridized carbons (Fsp3) is 1.00. The highest BCUT2D eigenvalue weighted by Gasteiger charge is 2.43. The third kappa shape index (κ3) is 2.72. The zero-order valence-electron chi connectivity index (χ0n) is 9.78. The van der Waals surface area contributed by atoms with Gasteiger partial charge >= 0.3 is 0 Å².